The van der Waals surface area contributed by atoms with Gasteiger partial charge in [-0.25, -0.2) is 13.6 Å². The number of rotatable bonds is 5. The van der Waals surface area contributed by atoms with E-state index in [1.54, 1.807) is 12.1 Å². The number of primary sulfonamides is 1. The summed E-state index contributed by atoms with van der Waals surface area (Å²) >= 11 is 0. The molecule has 22 heavy (non-hydrogen) atoms. The Hall–Kier alpha value is -1.85. The summed E-state index contributed by atoms with van der Waals surface area (Å²) in [6.45, 7) is 1.93. The molecule has 0 amide bonds. The van der Waals surface area contributed by atoms with Crippen molar-refractivity contribution in [2.24, 2.45) is 5.14 Å². The van der Waals surface area contributed by atoms with E-state index in [4.69, 9.17) is 5.14 Å². The lowest BCUT2D eigenvalue weighted by atomic mass is 10.1. The topological polar surface area (TPSA) is 63.4 Å². The second-order valence-electron chi connectivity index (χ2n) is 5.66. The lowest BCUT2D eigenvalue weighted by molar-refractivity contribution is 0.597. The molecule has 1 aliphatic heterocycles. The van der Waals surface area contributed by atoms with E-state index in [0.717, 1.165) is 43.6 Å². The molecule has 2 N–H and O–H groups in total. The van der Waals surface area contributed by atoms with Gasteiger partial charge in [0, 0.05) is 18.8 Å². The number of fused-ring (bicyclic) bond motifs is 1. The van der Waals surface area contributed by atoms with Gasteiger partial charge in [-0.3, -0.25) is 0 Å². The maximum absolute atomic E-state index is 11.4. The third-order valence-electron chi connectivity index (χ3n) is 4.11. The maximum atomic E-state index is 11.4. The summed E-state index contributed by atoms with van der Waals surface area (Å²) in [7, 11) is -3.61. The molecule has 5 heteroatoms. The van der Waals surface area contributed by atoms with E-state index in [1.807, 2.05) is 12.1 Å². The minimum Gasteiger partial charge on any atom is -0.371 e. The largest absolute Gasteiger partial charge is 0.371 e. The van der Waals surface area contributed by atoms with Crippen LogP contribution in [0.1, 0.15) is 17.5 Å². The van der Waals surface area contributed by atoms with Crippen LogP contribution in [0.15, 0.2) is 53.4 Å². The first kappa shape index (κ1) is 15.1. The van der Waals surface area contributed by atoms with Crippen molar-refractivity contribution in [3.05, 3.63) is 59.7 Å². The number of benzene rings is 2. The zero-order valence-electron chi connectivity index (χ0n) is 12.4. The molecule has 0 aromatic heterocycles. The summed E-state index contributed by atoms with van der Waals surface area (Å²) in [5, 5.41) is 5.19. The fraction of sp³-hybridized carbons (Fsp3) is 0.294. The molecule has 0 bridgehead atoms. The number of nitrogens with two attached hydrogens (primary N) is 1. The molecule has 2 aromatic rings. The summed E-state index contributed by atoms with van der Waals surface area (Å²) < 4.78 is 22.8. The highest BCUT2D eigenvalue weighted by atomic mass is 32.2. The van der Waals surface area contributed by atoms with E-state index in [-0.39, 0.29) is 4.90 Å². The SMILES string of the molecule is NS(=O)(=O)c1ccc2c(c1)CCN2CCCc1ccccc1. The van der Waals surface area contributed by atoms with Crippen molar-refractivity contribution in [3.63, 3.8) is 0 Å². The summed E-state index contributed by atoms with van der Waals surface area (Å²) in [6, 6.07) is 15.6. The van der Waals surface area contributed by atoms with E-state index in [1.165, 1.54) is 5.56 Å². The molecule has 116 valence electrons. The van der Waals surface area contributed by atoms with Crippen LogP contribution in [0.2, 0.25) is 0 Å². The lowest BCUT2D eigenvalue weighted by Gasteiger charge is -2.19. The fourth-order valence-electron chi connectivity index (χ4n) is 2.97. The van der Waals surface area contributed by atoms with Crippen LogP contribution in [0.5, 0.6) is 0 Å². The fourth-order valence-corrected chi connectivity index (χ4v) is 3.54. The Kier molecular flexibility index (Phi) is 4.18. The maximum Gasteiger partial charge on any atom is 0.238 e. The Morgan fingerprint density at radius 3 is 2.59 bits per heavy atom. The Morgan fingerprint density at radius 1 is 1.09 bits per heavy atom. The van der Waals surface area contributed by atoms with E-state index >= 15 is 0 Å². The first-order valence-corrected chi connectivity index (χ1v) is 9.03. The summed E-state index contributed by atoms with van der Waals surface area (Å²) in [5.41, 5.74) is 3.57. The molecule has 0 spiro atoms. The van der Waals surface area contributed by atoms with Gasteiger partial charge in [0.2, 0.25) is 10.0 Å². The van der Waals surface area contributed by atoms with Crippen LogP contribution < -0.4 is 10.0 Å². The molecule has 1 heterocycles. The lowest BCUT2D eigenvalue weighted by Crippen LogP contribution is -2.22. The summed E-state index contributed by atoms with van der Waals surface area (Å²) in [4.78, 5) is 2.53. The Bertz CT molecular complexity index is 757. The number of aryl methyl sites for hydroxylation is 1. The molecule has 1 aliphatic rings. The standard InChI is InChI=1S/C17H20N2O2S/c18-22(20,21)16-8-9-17-15(13-16)10-12-19(17)11-4-7-14-5-2-1-3-6-14/h1-3,5-6,8-9,13H,4,7,10-12H2,(H2,18,20,21). The van der Waals surface area contributed by atoms with E-state index < -0.39 is 10.0 Å². The smallest absolute Gasteiger partial charge is 0.238 e. The number of anilines is 1. The molecular weight excluding hydrogens is 296 g/mol. The Balaban J connectivity index is 1.65. The quantitative estimate of drug-likeness (QED) is 0.921. The predicted molar refractivity (Wildman–Crippen MR) is 88.5 cm³/mol. The molecule has 0 unspecified atom stereocenters. The second-order valence-corrected chi connectivity index (χ2v) is 7.22. The van der Waals surface area contributed by atoms with Gasteiger partial charge in [-0.2, -0.15) is 0 Å². The van der Waals surface area contributed by atoms with Gasteiger partial charge in [-0.15, -0.1) is 0 Å². The molecule has 2 aromatic carbocycles. The third kappa shape index (κ3) is 3.31. The number of hydrogen-bond donors (Lipinski definition) is 1. The van der Waals surface area contributed by atoms with Crippen molar-refractivity contribution in [1.29, 1.82) is 0 Å². The normalized spacial score (nSPS) is 14.1. The Labute approximate surface area is 131 Å². The third-order valence-corrected chi connectivity index (χ3v) is 5.02. The van der Waals surface area contributed by atoms with E-state index in [9.17, 15) is 8.42 Å². The molecule has 0 fully saturated rings. The van der Waals surface area contributed by atoms with Gasteiger partial charge in [0.25, 0.3) is 0 Å². The van der Waals surface area contributed by atoms with Crippen molar-refractivity contribution >= 4 is 15.7 Å². The highest BCUT2D eigenvalue weighted by Crippen LogP contribution is 2.30. The van der Waals surface area contributed by atoms with Crippen molar-refractivity contribution in [3.8, 4) is 0 Å². The van der Waals surface area contributed by atoms with Crippen LogP contribution in [0, 0.1) is 0 Å². The van der Waals surface area contributed by atoms with Crippen LogP contribution in [0.25, 0.3) is 0 Å². The number of nitrogens with zero attached hydrogens (tertiary/aromatic N) is 1. The first-order valence-electron chi connectivity index (χ1n) is 7.49. The predicted octanol–water partition coefficient (Wildman–Crippen LogP) is 2.33. The summed E-state index contributed by atoms with van der Waals surface area (Å²) in [6.07, 6.45) is 3.02. The average Bonchev–Trinajstić information content (AvgIpc) is 2.90. The van der Waals surface area contributed by atoms with Crippen molar-refractivity contribution in [1.82, 2.24) is 0 Å². The zero-order chi connectivity index (χ0) is 15.6. The van der Waals surface area contributed by atoms with Gasteiger partial charge in [-0.1, -0.05) is 30.3 Å². The highest BCUT2D eigenvalue weighted by molar-refractivity contribution is 7.89. The second kappa shape index (κ2) is 6.10. The van der Waals surface area contributed by atoms with Crippen LogP contribution in [-0.2, 0) is 22.9 Å². The van der Waals surface area contributed by atoms with Gasteiger partial charge in [0.05, 0.1) is 4.90 Å². The van der Waals surface area contributed by atoms with Crippen LogP contribution in [0.3, 0.4) is 0 Å². The monoisotopic (exact) mass is 316 g/mol. The molecule has 0 saturated heterocycles. The van der Waals surface area contributed by atoms with Gasteiger partial charge in [0.15, 0.2) is 0 Å². The van der Waals surface area contributed by atoms with Crippen molar-refractivity contribution < 1.29 is 8.42 Å². The van der Waals surface area contributed by atoms with Gasteiger partial charge >= 0.3 is 0 Å². The molecule has 0 aliphatic carbocycles. The van der Waals surface area contributed by atoms with Gasteiger partial charge in [0.1, 0.15) is 0 Å². The number of hydrogen-bond acceptors (Lipinski definition) is 3. The van der Waals surface area contributed by atoms with Crippen LogP contribution in [-0.4, -0.2) is 21.5 Å². The van der Waals surface area contributed by atoms with Crippen molar-refractivity contribution in [2.45, 2.75) is 24.2 Å². The average molecular weight is 316 g/mol. The first-order chi connectivity index (χ1) is 10.5. The number of sulfonamides is 1. The van der Waals surface area contributed by atoms with Gasteiger partial charge in [-0.05, 0) is 48.6 Å². The van der Waals surface area contributed by atoms with Crippen LogP contribution >= 0.6 is 0 Å². The van der Waals surface area contributed by atoms with Crippen LogP contribution in [0.4, 0.5) is 5.69 Å². The highest BCUT2D eigenvalue weighted by Gasteiger charge is 2.20. The minimum absolute atomic E-state index is 0.206. The summed E-state index contributed by atoms with van der Waals surface area (Å²) in [5.74, 6) is 0. The molecule has 0 atom stereocenters. The molecular formula is C17H20N2O2S. The Morgan fingerprint density at radius 2 is 1.86 bits per heavy atom. The molecule has 3 rings (SSSR count). The van der Waals surface area contributed by atoms with Gasteiger partial charge < -0.3 is 4.90 Å². The molecule has 4 nitrogen and oxygen atoms in total. The molecule has 0 radical (unpaired) electrons. The van der Waals surface area contributed by atoms with E-state index in [2.05, 4.69) is 29.2 Å². The van der Waals surface area contributed by atoms with Crippen molar-refractivity contribution in [2.75, 3.05) is 18.0 Å². The molecule has 0 saturated carbocycles. The van der Waals surface area contributed by atoms with E-state index in [0.29, 0.717) is 0 Å². The minimum atomic E-state index is -3.61. The zero-order valence-corrected chi connectivity index (χ0v) is 13.2.